The average Bonchev–Trinajstić information content (AvgIpc) is 3.52. The van der Waals surface area contributed by atoms with Crippen molar-refractivity contribution in [1.29, 1.82) is 0 Å². The van der Waals surface area contributed by atoms with E-state index in [2.05, 4.69) is 40.5 Å². The van der Waals surface area contributed by atoms with Gasteiger partial charge in [0, 0.05) is 25.2 Å². The van der Waals surface area contributed by atoms with Crippen molar-refractivity contribution in [3.05, 3.63) is 89.5 Å². The van der Waals surface area contributed by atoms with E-state index >= 15 is 0 Å². The van der Waals surface area contributed by atoms with Crippen molar-refractivity contribution in [2.24, 2.45) is 0 Å². The lowest BCUT2D eigenvalue weighted by molar-refractivity contribution is 0.0951. The Balaban J connectivity index is 1.27. The number of benzene rings is 3. The smallest absolute Gasteiger partial charge is 0.251 e. The molecule has 3 aromatic carbocycles. The van der Waals surface area contributed by atoms with Crippen LogP contribution in [0.2, 0.25) is 0 Å². The largest absolute Gasteiger partial charge is 0.348 e. The number of carbonyl (C=O) groups excluding carboxylic acids is 1. The molecule has 5 rings (SSSR count). The van der Waals surface area contributed by atoms with E-state index in [1.165, 1.54) is 35.8 Å². The molecular formula is C28H31N3O3S. The lowest BCUT2D eigenvalue weighted by Gasteiger charge is -2.18. The van der Waals surface area contributed by atoms with Crippen LogP contribution >= 0.6 is 0 Å². The summed E-state index contributed by atoms with van der Waals surface area (Å²) in [5.41, 5.74) is 5.57. The highest BCUT2D eigenvalue weighted by molar-refractivity contribution is 7.93. The Morgan fingerprint density at radius 3 is 2.37 bits per heavy atom. The maximum absolute atomic E-state index is 12.9. The molecule has 0 spiro atoms. The summed E-state index contributed by atoms with van der Waals surface area (Å²) < 4.78 is 25.9. The zero-order chi connectivity index (χ0) is 24.3. The van der Waals surface area contributed by atoms with Crippen LogP contribution in [0.25, 0.3) is 11.1 Å². The van der Waals surface area contributed by atoms with Crippen LogP contribution in [-0.2, 0) is 23.1 Å². The van der Waals surface area contributed by atoms with Crippen LogP contribution in [0.3, 0.4) is 0 Å². The molecule has 1 N–H and O–H groups in total. The fraction of sp³-hybridized carbons (Fsp3) is 0.321. The van der Waals surface area contributed by atoms with Crippen LogP contribution in [0.15, 0.2) is 72.8 Å². The third-order valence-corrected chi connectivity index (χ3v) is 8.69. The van der Waals surface area contributed by atoms with Gasteiger partial charge in [-0.3, -0.25) is 14.0 Å². The Labute approximate surface area is 207 Å². The molecule has 0 atom stereocenters. The van der Waals surface area contributed by atoms with Gasteiger partial charge in [0.15, 0.2) is 0 Å². The van der Waals surface area contributed by atoms with Crippen molar-refractivity contribution >= 4 is 21.6 Å². The molecule has 0 saturated carbocycles. The Bertz CT molecular complexity index is 1300. The number of amides is 1. The van der Waals surface area contributed by atoms with E-state index in [0.29, 0.717) is 30.8 Å². The van der Waals surface area contributed by atoms with Gasteiger partial charge in [0.05, 0.1) is 11.4 Å². The molecule has 2 aliphatic heterocycles. The Hall–Kier alpha value is -3.16. The number of rotatable bonds is 7. The van der Waals surface area contributed by atoms with E-state index in [4.69, 9.17) is 0 Å². The number of sulfonamides is 1. The van der Waals surface area contributed by atoms with Gasteiger partial charge in [0.2, 0.25) is 10.0 Å². The van der Waals surface area contributed by atoms with E-state index in [9.17, 15) is 13.2 Å². The molecule has 2 heterocycles. The quantitative estimate of drug-likeness (QED) is 0.534. The topological polar surface area (TPSA) is 69.7 Å². The lowest BCUT2D eigenvalue weighted by atomic mass is 9.98. The molecule has 2 aliphatic rings. The molecular weight excluding hydrogens is 458 g/mol. The van der Waals surface area contributed by atoms with Gasteiger partial charge in [-0.05, 0) is 72.8 Å². The van der Waals surface area contributed by atoms with E-state index < -0.39 is 10.0 Å². The second kappa shape index (κ2) is 10.2. The van der Waals surface area contributed by atoms with Gasteiger partial charge in [-0.25, -0.2) is 8.42 Å². The molecule has 182 valence electrons. The molecule has 1 amide bonds. The van der Waals surface area contributed by atoms with Gasteiger partial charge in [-0.2, -0.15) is 0 Å². The monoisotopic (exact) mass is 489 g/mol. The molecule has 6 nitrogen and oxygen atoms in total. The maximum Gasteiger partial charge on any atom is 0.251 e. The van der Waals surface area contributed by atoms with Crippen LogP contribution in [0.1, 0.15) is 40.7 Å². The minimum Gasteiger partial charge on any atom is -0.348 e. The van der Waals surface area contributed by atoms with E-state index in [0.717, 1.165) is 23.2 Å². The highest BCUT2D eigenvalue weighted by Crippen LogP contribution is 2.26. The van der Waals surface area contributed by atoms with Crippen LogP contribution in [0.5, 0.6) is 0 Å². The minimum absolute atomic E-state index is 0.152. The van der Waals surface area contributed by atoms with Crippen LogP contribution in [0, 0.1) is 0 Å². The summed E-state index contributed by atoms with van der Waals surface area (Å²) in [4.78, 5) is 15.4. The number of likely N-dealkylation sites (tertiary alicyclic amines) is 1. The summed E-state index contributed by atoms with van der Waals surface area (Å²) in [5, 5.41) is 3.01. The Kier molecular flexibility index (Phi) is 6.88. The van der Waals surface area contributed by atoms with Gasteiger partial charge in [0.25, 0.3) is 5.91 Å². The SMILES string of the molecule is O=C(NCc1ccccc1-c1ccc(CN2CCCC2)cc1)c1cccc(N2CCCS2(=O)=O)c1. The number of nitrogens with one attached hydrogen (secondary N) is 1. The lowest BCUT2D eigenvalue weighted by Crippen LogP contribution is -2.26. The second-order valence-corrected chi connectivity index (χ2v) is 11.3. The van der Waals surface area contributed by atoms with E-state index in [1.807, 2.05) is 18.2 Å². The average molecular weight is 490 g/mol. The first kappa shape index (κ1) is 23.6. The normalized spacial score (nSPS) is 17.5. The highest BCUT2D eigenvalue weighted by Gasteiger charge is 2.28. The van der Waals surface area contributed by atoms with Crippen LogP contribution in [-0.4, -0.2) is 44.6 Å². The third-order valence-electron chi connectivity index (χ3n) is 6.82. The van der Waals surface area contributed by atoms with Gasteiger partial charge in [-0.15, -0.1) is 0 Å². The van der Waals surface area contributed by atoms with Crippen molar-refractivity contribution in [3.63, 3.8) is 0 Å². The molecule has 0 radical (unpaired) electrons. The van der Waals surface area contributed by atoms with E-state index in [-0.39, 0.29) is 11.7 Å². The van der Waals surface area contributed by atoms with Gasteiger partial charge < -0.3 is 5.32 Å². The highest BCUT2D eigenvalue weighted by atomic mass is 32.2. The molecule has 0 unspecified atom stereocenters. The maximum atomic E-state index is 12.9. The van der Waals surface area contributed by atoms with Crippen molar-refractivity contribution in [3.8, 4) is 11.1 Å². The molecule has 35 heavy (non-hydrogen) atoms. The van der Waals surface area contributed by atoms with Gasteiger partial charge >= 0.3 is 0 Å². The molecule has 0 bridgehead atoms. The van der Waals surface area contributed by atoms with Gasteiger partial charge in [-0.1, -0.05) is 54.6 Å². The standard InChI is InChI=1S/C28H31N3O3S/c32-28(24-8-5-9-26(19-24)31-17-6-18-35(31,33)34)29-20-25-7-1-2-10-27(25)23-13-11-22(12-14-23)21-30-15-3-4-16-30/h1-2,5,7-14,19H,3-4,6,15-18,20-21H2,(H,29,32). The Morgan fingerprint density at radius 2 is 1.63 bits per heavy atom. The number of hydrogen-bond acceptors (Lipinski definition) is 4. The molecule has 2 saturated heterocycles. The molecule has 2 fully saturated rings. The molecule has 7 heteroatoms. The first-order valence-electron chi connectivity index (χ1n) is 12.3. The van der Waals surface area contributed by atoms with E-state index in [1.54, 1.807) is 24.3 Å². The van der Waals surface area contributed by atoms with Crippen molar-refractivity contribution < 1.29 is 13.2 Å². The summed E-state index contributed by atoms with van der Waals surface area (Å²) in [5.74, 6) is -0.0707. The number of nitrogens with zero attached hydrogens (tertiary/aromatic N) is 2. The van der Waals surface area contributed by atoms with Crippen molar-refractivity contribution in [2.75, 3.05) is 29.7 Å². The number of hydrogen-bond donors (Lipinski definition) is 1. The molecule has 3 aromatic rings. The van der Waals surface area contributed by atoms with Crippen LogP contribution < -0.4 is 9.62 Å². The van der Waals surface area contributed by atoms with Crippen molar-refractivity contribution in [1.82, 2.24) is 10.2 Å². The first-order valence-corrected chi connectivity index (χ1v) is 13.9. The number of carbonyl (C=O) groups is 1. The summed E-state index contributed by atoms with van der Waals surface area (Å²) in [7, 11) is -3.29. The zero-order valence-electron chi connectivity index (χ0n) is 19.8. The molecule has 0 aromatic heterocycles. The fourth-order valence-corrected chi connectivity index (χ4v) is 6.51. The predicted molar refractivity (Wildman–Crippen MR) is 140 cm³/mol. The van der Waals surface area contributed by atoms with Crippen molar-refractivity contribution in [2.45, 2.75) is 32.4 Å². The zero-order valence-corrected chi connectivity index (χ0v) is 20.6. The first-order chi connectivity index (χ1) is 17.0. The summed E-state index contributed by atoms with van der Waals surface area (Å²) >= 11 is 0. The predicted octanol–water partition coefficient (Wildman–Crippen LogP) is 4.42. The summed E-state index contributed by atoms with van der Waals surface area (Å²) in [6, 6.07) is 23.6. The second-order valence-electron chi connectivity index (χ2n) is 9.31. The minimum atomic E-state index is -3.29. The number of anilines is 1. The summed E-state index contributed by atoms with van der Waals surface area (Å²) in [6.07, 6.45) is 3.19. The molecule has 0 aliphatic carbocycles. The third kappa shape index (κ3) is 5.41. The van der Waals surface area contributed by atoms with Gasteiger partial charge in [0.1, 0.15) is 0 Å². The van der Waals surface area contributed by atoms with Crippen LogP contribution in [0.4, 0.5) is 5.69 Å². The fourth-order valence-electron chi connectivity index (χ4n) is 4.95. The summed E-state index contributed by atoms with van der Waals surface area (Å²) in [6.45, 7) is 4.20. The Morgan fingerprint density at radius 1 is 0.857 bits per heavy atom.